The minimum atomic E-state index is -2.05. The molecule has 0 saturated carbocycles. The Balaban J connectivity index is 1.52. The van der Waals surface area contributed by atoms with Gasteiger partial charge in [0.1, 0.15) is 97.7 Å². The zero-order valence-corrected chi connectivity index (χ0v) is 23.5. The first-order valence-corrected chi connectivity index (χ1v) is 14.1. The van der Waals surface area contributed by atoms with E-state index >= 15 is 0 Å². The van der Waals surface area contributed by atoms with Gasteiger partial charge < -0.3 is 105 Å². The van der Waals surface area contributed by atoms with Crippen molar-refractivity contribution in [2.24, 2.45) is 0 Å². The summed E-state index contributed by atoms with van der Waals surface area (Å²) < 4.78 is 37.5. The molecule has 4 saturated heterocycles. The molecular formula is C24H42O21. The van der Waals surface area contributed by atoms with Crippen LogP contribution in [-0.2, 0) is 33.2 Å². The van der Waals surface area contributed by atoms with Crippen LogP contribution < -0.4 is 0 Å². The number of rotatable bonds is 10. The molecule has 0 aromatic carbocycles. The summed E-state index contributed by atoms with van der Waals surface area (Å²) in [6.45, 7) is -3.39. The second-order valence-corrected chi connectivity index (χ2v) is 11.1. The number of aliphatic hydroxyl groups excluding tert-OH is 14. The van der Waals surface area contributed by atoms with Gasteiger partial charge in [-0.1, -0.05) is 0 Å². The zero-order chi connectivity index (χ0) is 33.3. The lowest BCUT2D eigenvalue weighted by Gasteiger charge is -2.49. The molecular weight excluding hydrogens is 624 g/mol. The fraction of sp³-hybridized carbons (Fsp3) is 1.00. The van der Waals surface area contributed by atoms with Crippen molar-refractivity contribution in [1.82, 2.24) is 0 Å². The van der Waals surface area contributed by atoms with Gasteiger partial charge in [-0.2, -0.15) is 0 Å². The van der Waals surface area contributed by atoms with Crippen molar-refractivity contribution < 1.29 is 105 Å². The Bertz CT molecular complexity index is 916. The molecule has 20 atom stereocenters. The second kappa shape index (κ2) is 15.6. The topological polar surface area (TPSA) is 348 Å². The second-order valence-electron chi connectivity index (χ2n) is 11.1. The molecule has 0 aromatic rings. The van der Waals surface area contributed by atoms with Gasteiger partial charge in [0.2, 0.25) is 0 Å². The summed E-state index contributed by atoms with van der Waals surface area (Å²) in [6, 6.07) is 0. The van der Waals surface area contributed by atoms with Crippen molar-refractivity contribution in [3.63, 3.8) is 0 Å². The first kappa shape index (κ1) is 37.0. The van der Waals surface area contributed by atoms with E-state index in [4.69, 9.17) is 33.2 Å². The van der Waals surface area contributed by atoms with E-state index in [0.29, 0.717) is 0 Å². The van der Waals surface area contributed by atoms with Gasteiger partial charge in [0.15, 0.2) is 25.2 Å². The van der Waals surface area contributed by atoms with Crippen LogP contribution in [0.1, 0.15) is 0 Å². The maximum Gasteiger partial charge on any atom is 0.187 e. The molecule has 21 heteroatoms. The van der Waals surface area contributed by atoms with E-state index in [1.165, 1.54) is 0 Å². The Kier molecular flexibility index (Phi) is 12.8. The molecule has 0 spiro atoms. The lowest BCUT2D eigenvalue weighted by molar-refractivity contribution is -0.391. The summed E-state index contributed by atoms with van der Waals surface area (Å²) >= 11 is 0. The van der Waals surface area contributed by atoms with Gasteiger partial charge in [0.05, 0.1) is 26.4 Å². The lowest BCUT2D eigenvalue weighted by atomic mass is 9.95. The van der Waals surface area contributed by atoms with E-state index < -0.39 is 149 Å². The molecule has 0 aliphatic carbocycles. The smallest absolute Gasteiger partial charge is 0.187 e. The van der Waals surface area contributed by atoms with Crippen LogP contribution in [-0.4, -0.2) is 221 Å². The molecule has 0 bridgehead atoms. The molecule has 4 aliphatic heterocycles. The highest BCUT2D eigenvalue weighted by Gasteiger charge is 2.55. The van der Waals surface area contributed by atoms with Gasteiger partial charge in [0, 0.05) is 0 Å². The SMILES string of the molecule is OC[C@H]1O[C@H](O[C@@H]2[C@H](O)[C@@H](O[C@@H]3[C@H](O)[C@@H](O[C@@H]4C(O)O[C@H](CO)[C@@H](O)[C@@H]4O)O[C@H](CO)[C@H]3O)O[C@H](CO)[C@H]2O)[C@@H](O)[C@@H](O)[C@@H]1O. The summed E-state index contributed by atoms with van der Waals surface area (Å²) in [5.41, 5.74) is 0. The molecule has 4 rings (SSSR count). The molecule has 0 radical (unpaired) electrons. The molecule has 264 valence electrons. The maximum atomic E-state index is 11.0. The van der Waals surface area contributed by atoms with Crippen LogP contribution in [0.4, 0.5) is 0 Å². The number of ether oxygens (including phenoxy) is 7. The van der Waals surface area contributed by atoms with Crippen molar-refractivity contribution in [1.29, 1.82) is 0 Å². The molecule has 1 unspecified atom stereocenters. The third-order valence-electron chi connectivity index (χ3n) is 8.21. The summed E-state index contributed by atoms with van der Waals surface area (Å²) in [5.74, 6) is 0. The highest BCUT2D eigenvalue weighted by atomic mass is 16.8. The van der Waals surface area contributed by atoms with Crippen LogP contribution in [0, 0.1) is 0 Å². The predicted octanol–water partition coefficient (Wildman–Crippen LogP) is -9.75. The molecule has 0 aromatic heterocycles. The van der Waals surface area contributed by atoms with E-state index in [0.717, 1.165) is 0 Å². The number of hydrogen-bond acceptors (Lipinski definition) is 21. The first-order valence-electron chi connectivity index (χ1n) is 14.1. The van der Waals surface area contributed by atoms with Crippen molar-refractivity contribution in [2.75, 3.05) is 26.4 Å². The monoisotopic (exact) mass is 666 g/mol. The third-order valence-corrected chi connectivity index (χ3v) is 8.21. The molecule has 4 heterocycles. The average Bonchev–Trinajstić information content (AvgIpc) is 3.02. The van der Waals surface area contributed by atoms with Gasteiger partial charge in [0.25, 0.3) is 0 Å². The predicted molar refractivity (Wildman–Crippen MR) is 134 cm³/mol. The fourth-order valence-electron chi connectivity index (χ4n) is 5.52. The van der Waals surface area contributed by atoms with E-state index in [1.54, 1.807) is 0 Å². The van der Waals surface area contributed by atoms with E-state index in [1.807, 2.05) is 0 Å². The van der Waals surface area contributed by atoms with Gasteiger partial charge in [-0.15, -0.1) is 0 Å². The first-order chi connectivity index (χ1) is 21.3. The highest BCUT2D eigenvalue weighted by Crippen LogP contribution is 2.34. The van der Waals surface area contributed by atoms with Crippen molar-refractivity contribution in [2.45, 2.75) is 123 Å². The molecule has 45 heavy (non-hydrogen) atoms. The number of aliphatic hydroxyl groups is 14. The molecule has 21 nitrogen and oxygen atoms in total. The molecule has 4 fully saturated rings. The van der Waals surface area contributed by atoms with Gasteiger partial charge >= 0.3 is 0 Å². The standard InChI is InChI=1S/C24H42O21/c25-1-5-10(30)14(34)20(21(38)39-5)45-24-17(37)19(12(32)8(4-28)42-24)44-23-16(36)18(11(31)7(3-27)41-23)43-22-15(35)13(33)9(29)6(2-26)40-22/h5-38H,1-4H2/t5-,6-,7-,8-,9-,10-,11-,12-,13+,14+,15+,16+,17+,18+,19+,20+,21?,22-,23-,24-/m1/s1. The minimum Gasteiger partial charge on any atom is -0.394 e. The van der Waals surface area contributed by atoms with Crippen LogP contribution in [0.2, 0.25) is 0 Å². The van der Waals surface area contributed by atoms with Crippen LogP contribution >= 0.6 is 0 Å². The van der Waals surface area contributed by atoms with Crippen LogP contribution in [0.15, 0.2) is 0 Å². The summed E-state index contributed by atoms with van der Waals surface area (Å²) in [5, 5.41) is 143. The lowest BCUT2D eigenvalue weighted by Crippen LogP contribution is -2.67. The molecule has 14 N–H and O–H groups in total. The largest absolute Gasteiger partial charge is 0.394 e. The minimum absolute atomic E-state index is 0.770. The molecule has 0 amide bonds. The van der Waals surface area contributed by atoms with E-state index in [9.17, 15) is 71.5 Å². The summed E-state index contributed by atoms with van der Waals surface area (Å²) in [6.07, 6.45) is -36.1. The summed E-state index contributed by atoms with van der Waals surface area (Å²) in [7, 11) is 0. The van der Waals surface area contributed by atoms with Gasteiger partial charge in [-0.05, 0) is 0 Å². The quantitative estimate of drug-likeness (QED) is 0.103. The van der Waals surface area contributed by atoms with Crippen molar-refractivity contribution in [3.8, 4) is 0 Å². The fourth-order valence-corrected chi connectivity index (χ4v) is 5.52. The Morgan fingerprint density at radius 1 is 0.333 bits per heavy atom. The number of hydrogen-bond donors (Lipinski definition) is 14. The van der Waals surface area contributed by atoms with Crippen LogP contribution in [0.3, 0.4) is 0 Å². The normalized spacial score (nSPS) is 52.9. The Labute approximate surface area is 254 Å². The average molecular weight is 667 g/mol. The summed E-state index contributed by atoms with van der Waals surface area (Å²) in [4.78, 5) is 0. The highest BCUT2D eigenvalue weighted by molar-refractivity contribution is 4.97. The van der Waals surface area contributed by atoms with E-state index in [2.05, 4.69) is 0 Å². The van der Waals surface area contributed by atoms with Crippen LogP contribution in [0.5, 0.6) is 0 Å². The Morgan fingerprint density at radius 2 is 0.667 bits per heavy atom. The maximum absolute atomic E-state index is 11.0. The van der Waals surface area contributed by atoms with Gasteiger partial charge in [-0.25, -0.2) is 0 Å². The molecule has 4 aliphatic rings. The van der Waals surface area contributed by atoms with Crippen molar-refractivity contribution in [3.05, 3.63) is 0 Å². The Hall–Kier alpha value is -0.840. The Morgan fingerprint density at radius 3 is 1.09 bits per heavy atom. The zero-order valence-electron chi connectivity index (χ0n) is 23.5. The third kappa shape index (κ3) is 7.44. The van der Waals surface area contributed by atoms with Gasteiger partial charge in [-0.3, -0.25) is 0 Å². The van der Waals surface area contributed by atoms with Crippen LogP contribution in [0.25, 0.3) is 0 Å². The van der Waals surface area contributed by atoms with E-state index in [-0.39, 0.29) is 0 Å². The van der Waals surface area contributed by atoms with Crippen molar-refractivity contribution >= 4 is 0 Å².